The van der Waals surface area contributed by atoms with Gasteiger partial charge in [-0.05, 0) is 14.0 Å². The van der Waals surface area contributed by atoms with E-state index in [0.717, 1.165) is 5.82 Å². The van der Waals surface area contributed by atoms with Gasteiger partial charge in [0.2, 0.25) is 0 Å². The summed E-state index contributed by atoms with van der Waals surface area (Å²) in [6, 6.07) is -0.0599. The van der Waals surface area contributed by atoms with E-state index >= 15 is 0 Å². The molecular formula is C10H17N3O. The number of aryl methyl sites for hydroxylation is 2. The van der Waals surface area contributed by atoms with Crippen molar-refractivity contribution in [3.8, 4) is 0 Å². The lowest BCUT2D eigenvalue weighted by Gasteiger charge is -2.08. The van der Waals surface area contributed by atoms with Gasteiger partial charge in [0.1, 0.15) is 11.6 Å². The summed E-state index contributed by atoms with van der Waals surface area (Å²) in [5.41, 5.74) is 0. The molecule has 1 heterocycles. The zero-order chi connectivity index (χ0) is 10.6. The number of hydrogen-bond donors (Lipinski definition) is 1. The topological polar surface area (TPSA) is 46.9 Å². The molecule has 0 saturated heterocycles. The molecule has 4 heteroatoms. The molecule has 4 nitrogen and oxygen atoms in total. The highest BCUT2D eigenvalue weighted by Crippen LogP contribution is 2.01. The molecule has 0 aliphatic heterocycles. The second kappa shape index (κ2) is 4.91. The van der Waals surface area contributed by atoms with Gasteiger partial charge in [0.15, 0.2) is 0 Å². The highest BCUT2D eigenvalue weighted by molar-refractivity contribution is 5.83. The number of ketones is 1. The Kier molecular flexibility index (Phi) is 3.83. The number of nitrogens with zero attached hydrogens (tertiary/aromatic N) is 2. The van der Waals surface area contributed by atoms with Crippen LogP contribution in [0.4, 0.5) is 0 Å². The predicted molar refractivity (Wildman–Crippen MR) is 55.1 cm³/mol. The van der Waals surface area contributed by atoms with Gasteiger partial charge in [-0.15, -0.1) is 0 Å². The molecule has 1 aromatic heterocycles. The Morgan fingerprint density at radius 2 is 2.43 bits per heavy atom. The lowest BCUT2D eigenvalue weighted by Crippen LogP contribution is -2.30. The first-order valence-electron chi connectivity index (χ1n) is 4.81. The van der Waals surface area contributed by atoms with Gasteiger partial charge < -0.3 is 9.88 Å². The van der Waals surface area contributed by atoms with Gasteiger partial charge in [-0.2, -0.15) is 0 Å². The number of nitrogens with one attached hydrogen (secondary N) is 1. The molecule has 1 rings (SSSR count). The summed E-state index contributed by atoms with van der Waals surface area (Å²) in [6.45, 7) is 1.88. The zero-order valence-corrected chi connectivity index (χ0v) is 8.95. The van der Waals surface area contributed by atoms with Gasteiger partial charge >= 0.3 is 0 Å². The molecular weight excluding hydrogens is 178 g/mol. The third kappa shape index (κ3) is 2.67. The quantitative estimate of drug-likeness (QED) is 0.745. The van der Waals surface area contributed by atoms with Crippen molar-refractivity contribution >= 4 is 5.78 Å². The van der Waals surface area contributed by atoms with Crippen LogP contribution in [0.2, 0.25) is 0 Å². The number of carbonyl (C=O) groups excluding carboxylic acids is 1. The maximum atomic E-state index is 11.5. The fourth-order valence-electron chi connectivity index (χ4n) is 1.25. The van der Waals surface area contributed by atoms with Crippen LogP contribution in [0.5, 0.6) is 0 Å². The molecule has 0 spiro atoms. The minimum absolute atomic E-state index is 0.0599. The van der Waals surface area contributed by atoms with Crippen LogP contribution in [0.1, 0.15) is 19.2 Å². The SMILES string of the molecule is CNC(C)C(=O)CCc1nccn1C. The van der Waals surface area contributed by atoms with E-state index in [9.17, 15) is 4.79 Å². The Morgan fingerprint density at radius 1 is 1.71 bits per heavy atom. The van der Waals surface area contributed by atoms with Crippen molar-refractivity contribution in [1.29, 1.82) is 0 Å². The molecule has 0 amide bonds. The average molecular weight is 195 g/mol. The maximum absolute atomic E-state index is 11.5. The molecule has 0 radical (unpaired) electrons. The van der Waals surface area contributed by atoms with Gasteiger partial charge in [-0.3, -0.25) is 4.79 Å². The Labute approximate surface area is 84.3 Å². The number of likely N-dealkylation sites (N-methyl/N-ethyl adjacent to an activating group) is 1. The van der Waals surface area contributed by atoms with Crippen molar-refractivity contribution in [2.24, 2.45) is 7.05 Å². The first-order chi connectivity index (χ1) is 6.65. The number of rotatable bonds is 5. The minimum Gasteiger partial charge on any atom is -0.338 e. The van der Waals surface area contributed by atoms with Gasteiger partial charge in [0, 0.05) is 32.3 Å². The van der Waals surface area contributed by atoms with E-state index in [-0.39, 0.29) is 11.8 Å². The molecule has 1 unspecified atom stereocenters. The van der Waals surface area contributed by atoms with E-state index in [1.165, 1.54) is 0 Å². The van der Waals surface area contributed by atoms with E-state index in [1.54, 1.807) is 13.2 Å². The normalized spacial score (nSPS) is 12.8. The second-order valence-corrected chi connectivity index (χ2v) is 3.43. The Morgan fingerprint density at radius 3 is 2.93 bits per heavy atom. The van der Waals surface area contributed by atoms with Crippen LogP contribution in [-0.4, -0.2) is 28.4 Å². The number of imidazole rings is 1. The predicted octanol–water partition coefficient (Wildman–Crippen LogP) is 0.530. The van der Waals surface area contributed by atoms with Crippen LogP contribution in [0, 0.1) is 0 Å². The number of carbonyl (C=O) groups is 1. The molecule has 0 aliphatic carbocycles. The summed E-state index contributed by atoms with van der Waals surface area (Å²) >= 11 is 0. The lowest BCUT2D eigenvalue weighted by atomic mass is 10.1. The monoisotopic (exact) mass is 195 g/mol. The van der Waals surface area contributed by atoms with Crippen molar-refractivity contribution in [3.05, 3.63) is 18.2 Å². The first kappa shape index (κ1) is 10.9. The fraction of sp³-hybridized carbons (Fsp3) is 0.600. The van der Waals surface area contributed by atoms with E-state index in [0.29, 0.717) is 12.8 Å². The zero-order valence-electron chi connectivity index (χ0n) is 8.95. The Hall–Kier alpha value is -1.16. The molecule has 14 heavy (non-hydrogen) atoms. The highest BCUT2D eigenvalue weighted by Gasteiger charge is 2.11. The Balaban J connectivity index is 2.41. The summed E-state index contributed by atoms with van der Waals surface area (Å²) in [7, 11) is 3.73. The smallest absolute Gasteiger partial charge is 0.149 e. The van der Waals surface area contributed by atoms with Crippen molar-refractivity contribution < 1.29 is 4.79 Å². The van der Waals surface area contributed by atoms with Crippen LogP contribution < -0.4 is 5.32 Å². The Bertz CT molecular complexity index is 306. The van der Waals surface area contributed by atoms with Crippen molar-refractivity contribution in [3.63, 3.8) is 0 Å². The van der Waals surface area contributed by atoms with E-state index in [2.05, 4.69) is 10.3 Å². The van der Waals surface area contributed by atoms with Crippen molar-refractivity contribution in [1.82, 2.24) is 14.9 Å². The summed E-state index contributed by atoms with van der Waals surface area (Å²) in [4.78, 5) is 15.6. The van der Waals surface area contributed by atoms with Crippen LogP contribution >= 0.6 is 0 Å². The van der Waals surface area contributed by atoms with E-state index in [4.69, 9.17) is 0 Å². The molecule has 1 atom stereocenters. The van der Waals surface area contributed by atoms with Crippen LogP contribution in [0.25, 0.3) is 0 Å². The van der Waals surface area contributed by atoms with Crippen molar-refractivity contribution in [2.45, 2.75) is 25.8 Å². The molecule has 1 aromatic rings. The molecule has 0 saturated carbocycles. The lowest BCUT2D eigenvalue weighted by molar-refractivity contribution is -0.120. The van der Waals surface area contributed by atoms with Gasteiger partial charge in [0.05, 0.1) is 6.04 Å². The van der Waals surface area contributed by atoms with Gasteiger partial charge in [-0.1, -0.05) is 0 Å². The summed E-state index contributed by atoms with van der Waals surface area (Å²) in [6.07, 6.45) is 4.91. The molecule has 0 fully saturated rings. The third-order valence-corrected chi connectivity index (χ3v) is 2.43. The summed E-state index contributed by atoms with van der Waals surface area (Å²) < 4.78 is 1.94. The maximum Gasteiger partial charge on any atom is 0.149 e. The van der Waals surface area contributed by atoms with E-state index < -0.39 is 0 Å². The standard InChI is InChI=1S/C10H17N3O/c1-8(11-2)9(14)4-5-10-12-6-7-13(10)3/h6-8,11H,4-5H2,1-3H3. The van der Waals surface area contributed by atoms with Gasteiger partial charge in [0.25, 0.3) is 0 Å². The summed E-state index contributed by atoms with van der Waals surface area (Å²) in [5.74, 6) is 1.19. The highest BCUT2D eigenvalue weighted by atomic mass is 16.1. The fourth-order valence-corrected chi connectivity index (χ4v) is 1.25. The number of Topliss-reactive ketones (excluding diaryl/α,β-unsaturated/α-hetero) is 1. The third-order valence-electron chi connectivity index (χ3n) is 2.43. The van der Waals surface area contributed by atoms with Crippen LogP contribution in [0.15, 0.2) is 12.4 Å². The first-order valence-corrected chi connectivity index (χ1v) is 4.81. The number of hydrogen-bond acceptors (Lipinski definition) is 3. The minimum atomic E-state index is -0.0599. The van der Waals surface area contributed by atoms with Crippen LogP contribution in [-0.2, 0) is 18.3 Å². The molecule has 0 bridgehead atoms. The molecule has 0 aliphatic rings. The molecule has 0 aromatic carbocycles. The number of aromatic nitrogens is 2. The van der Waals surface area contributed by atoms with Gasteiger partial charge in [-0.25, -0.2) is 4.98 Å². The van der Waals surface area contributed by atoms with Crippen molar-refractivity contribution in [2.75, 3.05) is 7.05 Å². The second-order valence-electron chi connectivity index (χ2n) is 3.43. The van der Waals surface area contributed by atoms with Crippen LogP contribution in [0.3, 0.4) is 0 Å². The average Bonchev–Trinajstić information content (AvgIpc) is 2.59. The molecule has 78 valence electrons. The largest absolute Gasteiger partial charge is 0.338 e. The molecule has 1 N–H and O–H groups in total. The summed E-state index contributed by atoms with van der Waals surface area (Å²) in [5, 5.41) is 2.93. The van der Waals surface area contributed by atoms with E-state index in [1.807, 2.05) is 24.7 Å².